The van der Waals surface area contributed by atoms with Crippen molar-refractivity contribution in [3.05, 3.63) is 35.5 Å². The Morgan fingerprint density at radius 1 is 1.09 bits per heavy atom. The highest BCUT2D eigenvalue weighted by Gasteiger charge is 2.23. The first kappa shape index (κ1) is 25.4. The van der Waals surface area contributed by atoms with Crippen molar-refractivity contribution in [1.82, 2.24) is 14.9 Å². The lowest BCUT2D eigenvalue weighted by atomic mass is 10.2. The highest BCUT2D eigenvalue weighted by Crippen LogP contribution is 2.29. The molecule has 0 spiro atoms. The fraction of sp³-hybridized carbons (Fsp3) is 0.542. The number of thioether (sulfide) groups is 1. The second-order valence-electron chi connectivity index (χ2n) is 7.88. The lowest BCUT2D eigenvalue weighted by Gasteiger charge is -2.36. The predicted molar refractivity (Wildman–Crippen MR) is 137 cm³/mol. The van der Waals surface area contributed by atoms with Crippen molar-refractivity contribution in [2.24, 2.45) is 0 Å². The van der Waals surface area contributed by atoms with E-state index in [1.165, 1.54) is 11.8 Å². The Hall–Kier alpha value is -2.19. The minimum atomic E-state index is 0.0989. The van der Waals surface area contributed by atoms with Gasteiger partial charge in [0.1, 0.15) is 16.7 Å². The average molecular weight is 492 g/mol. The van der Waals surface area contributed by atoms with E-state index >= 15 is 0 Å². The molecule has 3 rings (SSSR count). The molecule has 1 aromatic heterocycles. The summed E-state index contributed by atoms with van der Waals surface area (Å²) in [6.45, 7) is 11.7. The first-order chi connectivity index (χ1) is 16.0. The Bertz CT molecular complexity index is 902. The van der Waals surface area contributed by atoms with Gasteiger partial charge in [0, 0.05) is 45.3 Å². The number of amides is 1. The van der Waals surface area contributed by atoms with Crippen LogP contribution in [0.2, 0.25) is 5.15 Å². The smallest absolute Gasteiger partial charge is 0.233 e. The zero-order chi connectivity index (χ0) is 23.6. The van der Waals surface area contributed by atoms with Gasteiger partial charge in [0.15, 0.2) is 5.16 Å². The number of carbonyl (C=O) groups excluding carboxylic acids is 1. The third-order valence-electron chi connectivity index (χ3n) is 5.43. The van der Waals surface area contributed by atoms with Crippen LogP contribution in [0.5, 0.6) is 5.75 Å². The first-order valence-electron chi connectivity index (χ1n) is 11.7. The molecule has 2 aromatic rings. The number of para-hydroxylation sites is 2. The van der Waals surface area contributed by atoms with Gasteiger partial charge in [-0.1, -0.05) is 49.3 Å². The van der Waals surface area contributed by atoms with E-state index in [0.29, 0.717) is 35.8 Å². The number of ether oxygens (including phenoxy) is 1. The number of anilines is 2. The molecule has 1 aromatic carbocycles. The van der Waals surface area contributed by atoms with Gasteiger partial charge in [-0.15, -0.1) is 0 Å². The van der Waals surface area contributed by atoms with Crippen LogP contribution in [0.4, 0.5) is 11.5 Å². The largest absolute Gasteiger partial charge is 0.492 e. The molecule has 1 saturated heterocycles. The minimum absolute atomic E-state index is 0.0989. The number of benzene rings is 1. The molecule has 7 nitrogen and oxygen atoms in total. The summed E-state index contributed by atoms with van der Waals surface area (Å²) in [6.07, 6.45) is 2.06. The van der Waals surface area contributed by atoms with Crippen LogP contribution in [0.25, 0.3) is 0 Å². The lowest BCUT2D eigenvalue weighted by molar-refractivity contribution is -0.128. The van der Waals surface area contributed by atoms with Crippen LogP contribution in [-0.4, -0.2) is 72.4 Å². The van der Waals surface area contributed by atoms with Crippen molar-refractivity contribution < 1.29 is 9.53 Å². The number of nitrogens with zero attached hydrogens (tertiary/aromatic N) is 5. The highest BCUT2D eigenvalue weighted by molar-refractivity contribution is 7.99. The summed E-state index contributed by atoms with van der Waals surface area (Å²) in [7, 11) is 0. The van der Waals surface area contributed by atoms with Gasteiger partial charge in [0.05, 0.1) is 18.0 Å². The van der Waals surface area contributed by atoms with E-state index in [9.17, 15) is 4.79 Å². The molecule has 0 bridgehead atoms. The fourth-order valence-electron chi connectivity index (χ4n) is 3.90. The maximum atomic E-state index is 12.9. The van der Waals surface area contributed by atoms with E-state index in [0.717, 1.165) is 56.3 Å². The van der Waals surface area contributed by atoms with Gasteiger partial charge >= 0.3 is 0 Å². The molecule has 33 heavy (non-hydrogen) atoms. The number of halogens is 1. The number of carbonyl (C=O) groups is 1. The van der Waals surface area contributed by atoms with Gasteiger partial charge in [0.2, 0.25) is 5.91 Å². The summed E-state index contributed by atoms with van der Waals surface area (Å²) < 4.78 is 5.76. The summed E-state index contributed by atoms with van der Waals surface area (Å²) in [6, 6.07) is 9.88. The van der Waals surface area contributed by atoms with E-state index in [2.05, 4.69) is 39.7 Å². The molecule has 1 amide bonds. The van der Waals surface area contributed by atoms with Crippen LogP contribution in [0.15, 0.2) is 35.5 Å². The number of piperazine rings is 1. The van der Waals surface area contributed by atoms with Crippen molar-refractivity contribution in [2.45, 2.75) is 38.8 Å². The highest BCUT2D eigenvalue weighted by atomic mass is 35.5. The van der Waals surface area contributed by atoms with Crippen molar-refractivity contribution >= 4 is 40.8 Å². The van der Waals surface area contributed by atoms with E-state index in [-0.39, 0.29) is 5.91 Å². The van der Waals surface area contributed by atoms with Gasteiger partial charge in [0.25, 0.3) is 0 Å². The SMILES string of the molecule is CCCN(CCC)c1cc(Cl)nc(SCC(=O)N2CCN(c3ccccc3OCC)CC2)n1. The molecule has 0 saturated carbocycles. The van der Waals surface area contributed by atoms with E-state index < -0.39 is 0 Å². The summed E-state index contributed by atoms with van der Waals surface area (Å²) in [5.41, 5.74) is 1.09. The van der Waals surface area contributed by atoms with Crippen molar-refractivity contribution in [3.63, 3.8) is 0 Å². The molecule has 1 fully saturated rings. The molecule has 0 atom stereocenters. The molecule has 0 unspecified atom stereocenters. The normalized spacial score (nSPS) is 13.8. The third kappa shape index (κ3) is 7.14. The lowest BCUT2D eigenvalue weighted by Crippen LogP contribution is -2.49. The van der Waals surface area contributed by atoms with Crippen LogP contribution < -0.4 is 14.5 Å². The average Bonchev–Trinajstić information content (AvgIpc) is 2.83. The second kappa shape index (κ2) is 12.9. The zero-order valence-electron chi connectivity index (χ0n) is 19.8. The Morgan fingerprint density at radius 3 is 2.45 bits per heavy atom. The third-order valence-corrected chi connectivity index (χ3v) is 6.46. The molecule has 9 heteroatoms. The Balaban J connectivity index is 1.56. The number of hydrogen-bond acceptors (Lipinski definition) is 7. The van der Waals surface area contributed by atoms with Gasteiger partial charge in [-0.25, -0.2) is 9.97 Å². The number of rotatable bonds is 11. The number of hydrogen-bond donors (Lipinski definition) is 0. The molecule has 0 N–H and O–H groups in total. The molecule has 180 valence electrons. The molecule has 2 heterocycles. The monoisotopic (exact) mass is 491 g/mol. The van der Waals surface area contributed by atoms with Crippen LogP contribution in [0.1, 0.15) is 33.6 Å². The molecule has 0 radical (unpaired) electrons. The Morgan fingerprint density at radius 2 is 1.79 bits per heavy atom. The van der Waals surface area contributed by atoms with Crippen molar-refractivity contribution in [2.75, 3.05) is 61.4 Å². The molecular formula is C24H34ClN5O2S. The van der Waals surface area contributed by atoms with Gasteiger partial charge in [-0.2, -0.15) is 0 Å². The van der Waals surface area contributed by atoms with E-state index in [4.69, 9.17) is 16.3 Å². The number of aromatic nitrogens is 2. The Labute approximate surface area is 206 Å². The topological polar surface area (TPSA) is 61.8 Å². The Kier molecular flexibility index (Phi) is 9.94. The fourth-order valence-corrected chi connectivity index (χ4v) is 4.89. The molecule has 1 aliphatic heterocycles. The van der Waals surface area contributed by atoms with E-state index in [1.807, 2.05) is 30.0 Å². The summed E-state index contributed by atoms with van der Waals surface area (Å²) in [5, 5.41) is 0.959. The zero-order valence-corrected chi connectivity index (χ0v) is 21.4. The molecular weight excluding hydrogens is 458 g/mol. The van der Waals surface area contributed by atoms with Crippen LogP contribution >= 0.6 is 23.4 Å². The maximum absolute atomic E-state index is 12.9. The standard InChI is InChI=1S/C24H34ClN5O2S/c1-4-11-29(12-5-2)22-17-21(25)26-24(27-22)33-18-23(31)30-15-13-28(14-16-30)19-9-7-8-10-20(19)32-6-3/h7-10,17H,4-6,11-16,18H2,1-3H3. The quantitative estimate of drug-likeness (QED) is 0.258. The molecule has 0 aliphatic carbocycles. The maximum Gasteiger partial charge on any atom is 0.233 e. The summed E-state index contributed by atoms with van der Waals surface area (Å²) in [5.74, 6) is 2.12. The summed E-state index contributed by atoms with van der Waals surface area (Å²) >= 11 is 7.62. The van der Waals surface area contributed by atoms with Gasteiger partial charge in [-0.05, 0) is 31.9 Å². The van der Waals surface area contributed by atoms with Crippen molar-refractivity contribution in [1.29, 1.82) is 0 Å². The van der Waals surface area contributed by atoms with E-state index in [1.54, 1.807) is 6.07 Å². The first-order valence-corrected chi connectivity index (χ1v) is 13.1. The van der Waals surface area contributed by atoms with Gasteiger partial charge in [-0.3, -0.25) is 4.79 Å². The van der Waals surface area contributed by atoms with Crippen LogP contribution in [-0.2, 0) is 4.79 Å². The van der Waals surface area contributed by atoms with Crippen LogP contribution in [0, 0.1) is 0 Å². The van der Waals surface area contributed by atoms with Crippen molar-refractivity contribution in [3.8, 4) is 5.75 Å². The summed E-state index contributed by atoms with van der Waals surface area (Å²) in [4.78, 5) is 28.3. The van der Waals surface area contributed by atoms with Gasteiger partial charge < -0.3 is 19.4 Å². The minimum Gasteiger partial charge on any atom is -0.492 e. The predicted octanol–water partition coefficient (Wildman–Crippen LogP) is 4.60. The second-order valence-corrected chi connectivity index (χ2v) is 9.21. The van der Waals surface area contributed by atoms with Crippen LogP contribution in [0.3, 0.4) is 0 Å². The molecule has 1 aliphatic rings.